The van der Waals surface area contributed by atoms with Crippen LogP contribution in [0.2, 0.25) is 0 Å². The van der Waals surface area contributed by atoms with Gasteiger partial charge < -0.3 is 0 Å². The molecule has 6 nitrogen and oxygen atoms in total. The Labute approximate surface area is 136 Å². The van der Waals surface area contributed by atoms with Gasteiger partial charge in [0.1, 0.15) is 4.21 Å². The molecule has 0 aliphatic rings. The molecule has 3 rings (SSSR count). The number of aryl methyl sites for hydroxylation is 1. The summed E-state index contributed by atoms with van der Waals surface area (Å²) in [4.78, 5) is 5.41. The maximum Gasteiger partial charge on any atom is 0.250 e. The molecule has 0 spiro atoms. The summed E-state index contributed by atoms with van der Waals surface area (Å²) < 4.78 is 28.8. The van der Waals surface area contributed by atoms with Crippen LogP contribution in [-0.2, 0) is 16.4 Å². The summed E-state index contributed by atoms with van der Waals surface area (Å²) in [5.41, 5.74) is 0.848. The monoisotopic (exact) mass is 354 g/mol. The molecule has 0 amide bonds. The quantitative estimate of drug-likeness (QED) is 0.736. The van der Waals surface area contributed by atoms with Crippen LogP contribution in [0.15, 0.2) is 40.2 Å². The molecule has 0 unspecified atom stereocenters. The van der Waals surface area contributed by atoms with E-state index in [1.54, 1.807) is 23.0 Å². The first-order valence-electron chi connectivity index (χ1n) is 6.55. The number of thiazole rings is 1. The summed E-state index contributed by atoms with van der Waals surface area (Å²) in [6.45, 7) is 2.21. The summed E-state index contributed by atoms with van der Waals surface area (Å²) in [7, 11) is -3.42. The Kier molecular flexibility index (Phi) is 4.39. The maximum atomic E-state index is 12.1. The molecule has 3 aromatic heterocycles. The first-order valence-corrected chi connectivity index (χ1v) is 9.73. The fourth-order valence-electron chi connectivity index (χ4n) is 1.84. The van der Waals surface area contributed by atoms with E-state index < -0.39 is 10.0 Å². The zero-order valence-electron chi connectivity index (χ0n) is 11.8. The van der Waals surface area contributed by atoms with E-state index in [4.69, 9.17) is 0 Å². The zero-order chi connectivity index (χ0) is 15.6. The number of rotatable bonds is 6. The van der Waals surface area contributed by atoms with Crippen molar-refractivity contribution in [1.82, 2.24) is 19.5 Å². The van der Waals surface area contributed by atoms with Crippen molar-refractivity contribution >= 4 is 32.7 Å². The summed E-state index contributed by atoms with van der Waals surface area (Å²) in [5, 5.41) is 6.81. The lowest BCUT2D eigenvalue weighted by molar-refractivity contribution is 0.583. The van der Waals surface area contributed by atoms with E-state index >= 15 is 0 Å². The van der Waals surface area contributed by atoms with Crippen molar-refractivity contribution < 1.29 is 8.42 Å². The smallest absolute Gasteiger partial charge is 0.223 e. The Morgan fingerprint density at radius 3 is 2.91 bits per heavy atom. The van der Waals surface area contributed by atoms with Crippen molar-refractivity contribution in [3.8, 4) is 5.13 Å². The van der Waals surface area contributed by atoms with Crippen LogP contribution >= 0.6 is 22.7 Å². The second kappa shape index (κ2) is 6.29. The van der Waals surface area contributed by atoms with Crippen molar-refractivity contribution in [2.45, 2.75) is 17.6 Å². The molecule has 0 fully saturated rings. The number of hydrogen-bond acceptors (Lipinski definition) is 6. The molecule has 0 aromatic carbocycles. The topological polar surface area (TPSA) is 76.9 Å². The van der Waals surface area contributed by atoms with E-state index in [1.165, 1.54) is 22.7 Å². The molecule has 9 heteroatoms. The van der Waals surface area contributed by atoms with E-state index in [0.717, 1.165) is 15.7 Å². The number of aromatic nitrogens is 3. The highest BCUT2D eigenvalue weighted by Crippen LogP contribution is 2.20. The van der Waals surface area contributed by atoms with E-state index in [2.05, 4.69) is 14.8 Å². The first-order chi connectivity index (χ1) is 10.5. The summed E-state index contributed by atoms with van der Waals surface area (Å²) in [6.07, 6.45) is 4.06. The number of nitrogens with one attached hydrogen (secondary N) is 1. The third kappa shape index (κ3) is 3.43. The van der Waals surface area contributed by atoms with Gasteiger partial charge in [-0.1, -0.05) is 0 Å². The molecule has 1 N–H and O–H groups in total. The van der Waals surface area contributed by atoms with Crippen LogP contribution in [0.3, 0.4) is 0 Å². The van der Waals surface area contributed by atoms with Crippen LogP contribution in [-0.4, -0.2) is 29.7 Å². The van der Waals surface area contributed by atoms with Gasteiger partial charge in [-0.2, -0.15) is 5.10 Å². The van der Waals surface area contributed by atoms with Crippen molar-refractivity contribution in [3.63, 3.8) is 0 Å². The molecule has 0 aliphatic carbocycles. The average molecular weight is 354 g/mol. The lowest BCUT2D eigenvalue weighted by Crippen LogP contribution is -2.25. The maximum absolute atomic E-state index is 12.1. The highest BCUT2D eigenvalue weighted by atomic mass is 32.2. The Hall–Kier alpha value is -1.55. The molecule has 0 atom stereocenters. The first kappa shape index (κ1) is 15.3. The third-order valence-electron chi connectivity index (χ3n) is 2.89. The van der Waals surface area contributed by atoms with Crippen LogP contribution in [0.5, 0.6) is 0 Å². The van der Waals surface area contributed by atoms with Crippen LogP contribution < -0.4 is 4.72 Å². The predicted octanol–water partition coefficient (Wildman–Crippen LogP) is 2.22. The molecule has 0 saturated carbocycles. The van der Waals surface area contributed by atoms with Crippen molar-refractivity contribution in [3.05, 3.63) is 46.5 Å². The molecule has 0 radical (unpaired) electrons. The largest absolute Gasteiger partial charge is 0.250 e. The molecular formula is C13H14N4O2S3. The SMILES string of the molecule is Cc1ccc(S(=O)(=O)NCCc2csc(-n3cccn3)n2)s1. The van der Waals surface area contributed by atoms with E-state index in [1.807, 2.05) is 24.6 Å². The minimum absolute atomic E-state index is 0.321. The molecule has 116 valence electrons. The second-order valence-corrected chi connectivity index (χ2v) is 8.70. The highest BCUT2D eigenvalue weighted by Gasteiger charge is 2.15. The molecule has 0 aliphatic heterocycles. The van der Waals surface area contributed by atoms with Crippen molar-refractivity contribution in [1.29, 1.82) is 0 Å². The van der Waals surface area contributed by atoms with Gasteiger partial charge in [-0.25, -0.2) is 22.8 Å². The lowest BCUT2D eigenvalue weighted by Gasteiger charge is -2.03. The van der Waals surface area contributed by atoms with Gasteiger partial charge in [0.05, 0.1) is 5.69 Å². The van der Waals surface area contributed by atoms with Gasteiger partial charge in [-0.15, -0.1) is 22.7 Å². The minimum atomic E-state index is -3.42. The standard InChI is InChI=1S/C13H14N4O2S3/c1-10-3-4-12(21-10)22(18,19)15-7-5-11-9-20-13(16-11)17-8-2-6-14-17/h2-4,6,8-9,15H,5,7H2,1H3. The second-order valence-electron chi connectivity index (χ2n) is 4.58. The van der Waals surface area contributed by atoms with Crippen molar-refractivity contribution in [2.75, 3.05) is 6.54 Å². The van der Waals surface area contributed by atoms with Gasteiger partial charge >= 0.3 is 0 Å². The number of hydrogen-bond donors (Lipinski definition) is 1. The van der Waals surface area contributed by atoms with Crippen LogP contribution in [0, 0.1) is 6.92 Å². The Balaban J connectivity index is 1.59. The molecule has 3 heterocycles. The Morgan fingerprint density at radius 2 is 2.23 bits per heavy atom. The number of thiophene rings is 1. The van der Waals surface area contributed by atoms with E-state index in [9.17, 15) is 8.42 Å². The summed E-state index contributed by atoms with van der Waals surface area (Å²) >= 11 is 2.75. The molecular weight excluding hydrogens is 340 g/mol. The Morgan fingerprint density at radius 1 is 1.36 bits per heavy atom. The van der Waals surface area contributed by atoms with Crippen LogP contribution in [0.1, 0.15) is 10.6 Å². The van der Waals surface area contributed by atoms with Gasteiger partial charge in [-0.05, 0) is 25.1 Å². The Bertz CT molecular complexity index is 850. The highest BCUT2D eigenvalue weighted by molar-refractivity contribution is 7.91. The van der Waals surface area contributed by atoms with Gasteiger partial charge in [-0.3, -0.25) is 0 Å². The molecule has 22 heavy (non-hydrogen) atoms. The van der Waals surface area contributed by atoms with Crippen LogP contribution in [0.4, 0.5) is 0 Å². The minimum Gasteiger partial charge on any atom is -0.223 e. The van der Waals surface area contributed by atoms with Gasteiger partial charge in [0.2, 0.25) is 15.2 Å². The molecule has 3 aromatic rings. The third-order valence-corrected chi connectivity index (χ3v) is 6.73. The zero-order valence-corrected chi connectivity index (χ0v) is 14.2. The molecule has 0 bridgehead atoms. The average Bonchev–Trinajstić information content (AvgIpc) is 3.18. The fraction of sp³-hybridized carbons (Fsp3) is 0.231. The van der Waals surface area contributed by atoms with Gasteiger partial charge in [0, 0.05) is 35.6 Å². The van der Waals surface area contributed by atoms with E-state index in [-0.39, 0.29) is 0 Å². The normalized spacial score (nSPS) is 11.9. The number of sulfonamides is 1. The summed E-state index contributed by atoms with van der Waals surface area (Å²) in [6, 6.07) is 5.26. The molecule has 0 saturated heterocycles. The number of nitrogens with zero attached hydrogens (tertiary/aromatic N) is 3. The van der Waals surface area contributed by atoms with Crippen LogP contribution in [0.25, 0.3) is 5.13 Å². The lowest BCUT2D eigenvalue weighted by atomic mass is 10.3. The van der Waals surface area contributed by atoms with E-state index in [0.29, 0.717) is 17.2 Å². The fourth-order valence-corrected chi connectivity index (χ4v) is 5.00. The summed E-state index contributed by atoms with van der Waals surface area (Å²) in [5.74, 6) is 0. The predicted molar refractivity (Wildman–Crippen MR) is 87.2 cm³/mol. The van der Waals surface area contributed by atoms with Crippen molar-refractivity contribution in [2.24, 2.45) is 0 Å². The van der Waals surface area contributed by atoms with Gasteiger partial charge in [0.25, 0.3) is 0 Å². The van der Waals surface area contributed by atoms with Gasteiger partial charge in [0.15, 0.2) is 0 Å².